The summed E-state index contributed by atoms with van der Waals surface area (Å²) in [4.78, 5) is 19.6. The normalized spacial score (nSPS) is 10.5. The second-order valence-electron chi connectivity index (χ2n) is 4.65. The molecule has 2 aromatic heterocycles. The van der Waals surface area contributed by atoms with Gasteiger partial charge in [-0.2, -0.15) is 0 Å². The summed E-state index contributed by atoms with van der Waals surface area (Å²) >= 11 is 1.64. The highest BCUT2D eigenvalue weighted by molar-refractivity contribution is 7.09. The van der Waals surface area contributed by atoms with Gasteiger partial charge in [-0.25, -0.2) is 0 Å². The molecule has 0 fully saturated rings. The zero-order valence-electron chi connectivity index (χ0n) is 12.0. The van der Waals surface area contributed by atoms with Crippen LogP contribution in [0.25, 0.3) is 0 Å². The fraction of sp³-hybridized carbons (Fsp3) is 0.333. The Hall–Kier alpha value is -1.92. The molecule has 21 heavy (non-hydrogen) atoms. The van der Waals surface area contributed by atoms with Gasteiger partial charge in [0.25, 0.3) is 0 Å². The SMILES string of the molecule is COCCN(Cc1cccs1)C(=O)Cc1ccc(N)cn1. The molecule has 0 saturated heterocycles. The Bertz CT molecular complexity index is 555. The Morgan fingerprint density at radius 3 is 2.90 bits per heavy atom. The molecule has 0 aliphatic carbocycles. The van der Waals surface area contributed by atoms with E-state index in [0.717, 1.165) is 10.6 Å². The third-order valence-corrected chi connectivity index (χ3v) is 3.89. The third kappa shape index (κ3) is 4.84. The average molecular weight is 305 g/mol. The molecule has 0 radical (unpaired) electrons. The highest BCUT2D eigenvalue weighted by atomic mass is 32.1. The third-order valence-electron chi connectivity index (χ3n) is 3.02. The van der Waals surface area contributed by atoms with E-state index in [-0.39, 0.29) is 12.3 Å². The second kappa shape index (κ2) is 7.75. The minimum atomic E-state index is 0.0396. The number of rotatable bonds is 7. The number of nitrogens with zero attached hydrogens (tertiary/aromatic N) is 2. The lowest BCUT2D eigenvalue weighted by Gasteiger charge is -2.21. The summed E-state index contributed by atoms with van der Waals surface area (Å²) in [5.74, 6) is 0.0396. The first kappa shape index (κ1) is 15.5. The summed E-state index contributed by atoms with van der Waals surface area (Å²) in [7, 11) is 1.63. The number of methoxy groups -OCH3 is 1. The van der Waals surface area contributed by atoms with E-state index in [1.165, 1.54) is 0 Å². The number of nitrogen functional groups attached to an aromatic ring is 1. The van der Waals surface area contributed by atoms with E-state index in [1.807, 2.05) is 17.5 Å². The maximum atomic E-state index is 12.4. The number of thiophene rings is 1. The van der Waals surface area contributed by atoms with Crippen LogP contribution in [0.4, 0.5) is 5.69 Å². The lowest BCUT2D eigenvalue weighted by atomic mass is 10.2. The van der Waals surface area contributed by atoms with Gasteiger partial charge in [0, 0.05) is 24.2 Å². The van der Waals surface area contributed by atoms with Crippen molar-refractivity contribution in [2.24, 2.45) is 0 Å². The van der Waals surface area contributed by atoms with Crippen molar-refractivity contribution in [3.63, 3.8) is 0 Å². The molecule has 5 nitrogen and oxygen atoms in total. The van der Waals surface area contributed by atoms with Crippen molar-refractivity contribution < 1.29 is 9.53 Å². The predicted molar refractivity (Wildman–Crippen MR) is 84.0 cm³/mol. The fourth-order valence-corrected chi connectivity index (χ4v) is 2.61. The highest BCUT2D eigenvalue weighted by Gasteiger charge is 2.15. The predicted octanol–water partition coefficient (Wildman–Crippen LogP) is 1.94. The molecule has 0 atom stereocenters. The molecule has 0 aliphatic rings. The smallest absolute Gasteiger partial charge is 0.228 e. The Kier molecular flexibility index (Phi) is 5.71. The monoisotopic (exact) mass is 305 g/mol. The first-order valence-electron chi connectivity index (χ1n) is 6.68. The lowest BCUT2D eigenvalue weighted by molar-refractivity contribution is -0.131. The van der Waals surface area contributed by atoms with Crippen LogP contribution < -0.4 is 5.73 Å². The first-order chi connectivity index (χ1) is 10.2. The number of hydrogen-bond donors (Lipinski definition) is 1. The van der Waals surface area contributed by atoms with Gasteiger partial charge in [-0.3, -0.25) is 9.78 Å². The summed E-state index contributed by atoms with van der Waals surface area (Å²) < 4.78 is 5.08. The van der Waals surface area contributed by atoms with Gasteiger partial charge in [0.1, 0.15) is 0 Å². The van der Waals surface area contributed by atoms with Crippen LogP contribution in [0.15, 0.2) is 35.8 Å². The molecule has 0 saturated carbocycles. The molecular weight excluding hydrogens is 286 g/mol. The van der Waals surface area contributed by atoms with E-state index >= 15 is 0 Å². The van der Waals surface area contributed by atoms with Crippen LogP contribution in [-0.4, -0.2) is 36.1 Å². The van der Waals surface area contributed by atoms with Crippen LogP contribution in [0.2, 0.25) is 0 Å². The van der Waals surface area contributed by atoms with Gasteiger partial charge in [-0.15, -0.1) is 11.3 Å². The summed E-state index contributed by atoms with van der Waals surface area (Å²) in [5, 5.41) is 2.01. The molecule has 0 unspecified atom stereocenters. The first-order valence-corrected chi connectivity index (χ1v) is 7.56. The number of anilines is 1. The quantitative estimate of drug-likeness (QED) is 0.849. The van der Waals surface area contributed by atoms with E-state index in [2.05, 4.69) is 4.98 Å². The van der Waals surface area contributed by atoms with E-state index in [1.54, 1.807) is 41.7 Å². The summed E-state index contributed by atoms with van der Waals surface area (Å²) in [6.45, 7) is 1.70. The summed E-state index contributed by atoms with van der Waals surface area (Å²) in [6.07, 6.45) is 1.84. The molecule has 2 aromatic rings. The molecular formula is C15H19N3O2S. The standard InChI is InChI=1S/C15H19N3O2S/c1-20-7-6-18(11-14-3-2-8-21-14)15(19)9-13-5-4-12(16)10-17-13/h2-5,8,10H,6-7,9,11,16H2,1H3. The number of carbonyl (C=O) groups excluding carboxylic acids is 1. The fourth-order valence-electron chi connectivity index (χ4n) is 1.89. The maximum Gasteiger partial charge on any atom is 0.228 e. The zero-order valence-corrected chi connectivity index (χ0v) is 12.8. The molecule has 2 rings (SSSR count). The number of pyridine rings is 1. The number of nitrogens with two attached hydrogens (primary N) is 1. The van der Waals surface area contributed by atoms with Crippen molar-refractivity contribution in [2.45, 2.75) is 13.0 Å². The van der Waals surface area contributed by atoms with Crippen molar-refractivity contribution >= 4 is 22.9 Å². The summed E-state index contributed by atoms with van der Waals surface area (Å²) in [6, 6.07) is 7.56. The Labute approximate surface area is 128 Å². The number of carbonyl (C=O) groups is 1. The molecule has 112 valence electrons. The van der Waals surface area contributed by atoms with Gasteiger partial charge in [-0.05, 0) is 23.6 Å². The molecule has 0 aromatic carbocycles. The van der Waals surface area contributed by atoms with Gasteiger partial charge >= 0.3 is 0 Å². The van der Waals surface area contributed by atoms with Crippen molar-refractivity contribution in [1.82, 2.24) is 9.88 Å². The number of hydrogen-bond acceptors (Lipinski definition) is 5. The van der Waals surface area contributed by atoms with Gasteiger partial charge < -0.3 is 15.4 Å². The van der Waals surface area contributed by atoms with Crippen LogP contribution in [0.3, 0.4) is 0 Å². The number of ether oxygens (including phenoxy) is 1. The van der Waals surface area contributed by atoms with Crippen LogP contribution in [0.1, 0.15) is 10.6 Å². The van der Waals surface area contributed by atoms with Crippen LogP contribution in [0, 0.1) is 0 Å². The van der Waals surface area contributed by atoms with E-state index in [9.17, 15) is 4.79 Å². The van der Waals surface area contributed by atoms with E-state index < -0.39 is 0 Å². The van der Waals surface area contributed by atoms with Crippen molar-refractivity contribution in [2.75, 3.05) is 26.0 Å². The second-order valence-corrected chi connectivity index (χ2v) is 5.68. The highest BCUT2D eigenvalue weighted by Crippen LogP contribution is 2.13. The van der Waals surface area contributed by atoms with Crippen molar-refractivity contribution in [3.8, 4) is 0 Å². The van der Waals surface area contributed by atoms with Crippen LogP contribution in [0.5, 0.6) is 0 Å². The Balaban J connectivity index is 2.00. The maximum absolute atomic E-state index is 12.4. The lowest BCUT2D eigenvalue weighted by Crippen LogP contribution is -2.34. The molecule has 0 aliphatic heterocycles. The van der Waals surface area contributed by atoms with Crippen LogP contribution >= 0.6 is 11.3 Å². The molecule has 1 amide bonds. The molecule has 0 bridgehead atoms. The summed E-state index contributed by atoms with van der Waals surface area (Å²) in [5.41, 5.74) is 6.92. The van der Waals surface area contributed by atoms with Gasteiger partial charge in [0.15, 0.2) is 0 Å². The van der Waals surface area contributed by atoms with Gasteiger partial charge in [0.05, 0.1) is 31.5 Å². The zero-order chi connectivity index (χ0) is 15.1. The molecule has 0 spiro atoms. The van der Waals surface area contributed by atoms with Crippen molar-refractivity contribution in [1.29, 1.82) is 0 Å². The largest absolute Gasteiger partial charge is 0.397 e. The number of amides is 1. The minimum absolute atomic E-state index is 0.0396. The van der Waals surface area contributed by atoms with Gasteiger partial charge in [-0.1, -0.05) is 6.07 Å². The van der Waals surface area contributed by atoms with Gasteiger partial charge in [0.2, 0.25) is 5.91 Å². The average Bonchev–Trinajstić information content (AvgIpc) is 2.98. The molecule has 2 heterocycles. The Morgan fingerprint density at radius 1 is 1.43 bits per heavy atom. The van der Waals surface area contributed by atoms with E-state index in [4.69, 9.17) is 10.5 Å². The van der Waals surface area contributed by atoms with Crippen LogP contribution in [-0.2, 0) is 22.5 Å². The Morgan fingerprint density at radius 2 is 2.29 bits per heavy atom. The molecule has 6 heteroatoms. The van der Waals surface area contributed by atoms with E-state index in [0.29, 0.717) is 25.4 Å². The number of aromatic nitrogens is 1. The topological polar surface area (TPSA) is 68.5 Å². The minimum Gasteiger partial charge on any atom is -0.397 e. The molecule has 2 N–H and O–H groups in total. The van der Waals surface area contributed by atoms with Crippen molar-refractivity contribution in [3.05, 3.63) is 46.4 Å².